The second-order valence-corrected chi connectivity index (χ2v) is 6.17. The summed E-state index contributed by atoms with van der Waals surface area (Å²) in [4.78, 5) is 0. The molecule has 0 fully saturated rings. The van der Waals surface area contributed by atoms with Crippen molar-refractivity contribution < 1.29 is 17.6 Å². The Bertz CT molecular complexity index is 452. The second kappa shape index (κ2) is 5.73. The first-order chi connectivity index (χ1) is 8.22. The lowest BCUT2D eigenvalue weighted by atomic mass is 10.1. The van der Waals surface area contributed by atoms with Crippen LogP contribution in [0.2, 0.25) is 0 Å². The van der Waals surface area contributed by atoms with E-state index in [0.717, 1.165) is 24.1 Å². The highest BCUT2D eigenvalue weighted by Gasteiger charge is 2.22. The van der Waals surface area contributed by atoms with E-state index in [9.17, 15) is 17.6 Å². The largest absolute Gasteiger partial charge is 0.281 e. The molecule has 0 aliphatic heterocycles. The molecule has 1 aromatic carbocycles. The van der Waals surface area contributed by atoms with Gasteiger partial charge in [-0.25, -0.2) is 22.0 Å². The zero-order valence-electron chi connectivity index (χ0n) is 10.2. The molecule has 0 aromatic heterocycles. The molecule has 18 heavy (non-hydrogen) atoms. The zero-order valence-corrected chi connectivity index (χ0v) is 11.0. The van der Waals surface area contributed by atoms with Crippen LogP contribution in [-0.4, -0.2) is 16.9 Å². The van der Waals surface area contributed by atoms with Gasteiger partial charge in [0.05, 0.1) is 0 Å². The van der Waals surface area contributed by atoms with E-state index in [2.05, 4.69) is 4.40 Å². The van der Waals surface area contributed by atoms with Crippen LogP contribution in [0.3, 0.4) is 0 Å². The predicted octanol–water partition coefficient (Wildman–Crippen LogP) is 4.47. The van der Waals surface area contributed by atoms with Gasteiger partial charge < -0.3 is 0 Å². The summed E-state index contributed by atoms with van der Waals surface area (Å²) in [5.74, 6) is -2.47. The highest BCUT2D eigenvalue weighted by Crippen LogP contribution is 2.27. The molecule has 0 N–H and O–H groups in total. The molecule has 0 aliphatic carbocycles. The van der Waals surface area contributed by atoms with Gasteiger partial charge >= 0.3 is 0 Å². The number of alkyl halides is 2. The number of benzene rings is 1. The smallest absolute Gasteiger partial charge is 0.214 e. The lowest BCUT2D eigenvalue weighted by molar-refractivity contribution is 0.226. The Morgan fingerprint density at radius 1 is 1.22 bits per heavy atom. The number of halogens is 4. The van der Waals surface area contributed by atoms with Crippen molar-refractivity contribution in [3.8, 4) is 0 Å². The third-order valence-corrected chi connectivity index (χ3v) is 2.69. The Hall–Kier alpha value is -1.04. The number of rotatable bonds is 3. The Kier molecular flexibility index (Phi) is 4.78. The predicted molar refractivity (Wildman–Crippen MR) is 66.2 cm³/mol. The summed E-state index contributed by atoms with van der Waals surface area (Å²) in [7, 11) is 0. The van der Waals surface area contributed by atoms with Crippen molar-refractivity contribution in [3.05, 3.63) is 35.4 Å². The lowest BCUT2D eigenvalue weighted by Crippen LogP contribution is -2.16. The van der Waals surface area contributed by atoms with Gasteiger partial charge in [-0.2, -0.15) is 0 Å². The standard InChI is InChI=1S/C12H13F4NS/c1-12(2,3)18-17-10(11(15)16)7-5-4-6-8(13)9(7)14/h4-6,11H,1-3H3/b17-10+. The van der Waals surface area contributed by atoms with Gasteiger partial charge in [-0.1, -0.05) is 6.07 Å². The monoisotopic (exact) mass is 279 g/mol. The minimum atomic E-state index is -2.96. The molecule has 0 heterocycles. The van der Waals surface area contributed by atoms with Crippen LogP contribution in [0.25, 0.3) is 0 Å². The molecule has 0 atom stereocenters. The van der Waals surface area contributed by atoms with Crippen LogP contribution < -0.4 is 0 Å². The van der Waals surface area contributed by atoms with Crippen molar-refractivity contribution in [1.29, 1.82) is 0 Å². The van der Waals surface area contributed by atoms with Gasteiger partial charge in [0.1, 0.15) is 5.71 Å². The Labute approximate surface area is 107 Å². The van der Waals surface area contributed by atoms with E-state index >= 15 is 0 Å². The van der Waals surface area contributed by atoms with Crippen molar-refractivity contribution in [2.24, 2.45) is 4.40 Å². The van der Waals surface area contributed by atoms with E-state index in [4.69, 9.17) is 0 Å². The summed E-state index contributed by atoms with van der Waals surface area (Å²) >= 11 is 0.898. The topological polar surface area (TPSA) is 12.4 Å². The SMILES string of the molecule is CC(C)(C)S/N=C(\c1cccc(F)c1F)C(F)F. The maximum atomic E-state index is 13.4. The van der Waals surface area contributed by atoms with Gasteiger partial charge in [-0.3, -0.25) is 0 Å². The Morgan fingerprint density at radius 2 is 1.83 bits per heavy atom. The van der Waals surface area contributed by atoms with Crippen LogP contribution in [0, 0.1) is 11.6 Å². The summed E-state index contributed by atoms with van der Waals surface area (Å²) < 4.78 is 55.4. The average molecular weight is 279 g/mol. The second-order valence-electron chi connectivity index (χ2n) is 4.58. The van der Waals surface area contributed by atoms with E-state index in [1.807, 2.05) is 0 Å². The molecular formula is C12H13F4NS. The van der Waals surface area contributed by atoms with E-state index in [-0.39, 0.29) is 4.75 Å². The average Bonchev–Trinajstić information content (AvgIpc) is 2.22. The highest BCUT2D eigenvalue weighted by atomic mass is 32.2. The molecule has 6 heteroatoms. The van der Waals surface area contributed by atoms with Crippen molar-refractivity contribution >= 4 is 17.7 Å². The van der Waals surface area contributed by atoms with Gasteiger partial charge in [0.2, 0.25) is 0 Å². The molecule has 100 valence electrons. The van der Waals surface area contributed by atoms with E-state index in [0.29, 0.717) is 0 Å². The van der Waals surface area contributed by atoms with Crippen molar-refractivity contribution in [2.75, 3.05) is 0 Å². The quantitative estimate of drug-likeness (QED) is 0.452. The van der Waals surface area contributed by atoms with Crippen molar-refractivity contribution in [2.45, 2.75) is 31.9 Å². The van der Waals surface area contributed by atoms with Crippen LogP contribution >= 0.6 is 11.9 Å². The Morgan fingerprint density at radius 3 is 2.33 bits per heavy atom. The van der Waals surface area contributed by atoms with Crippen LogP contribution in [0.15, 0.2) is 22.6 Å². The molecule has 0 saturated heterocycles. The van der Waals surface area contributed by atoms with Gasteiger partial charge in [0, 0.05) is 10.3 Å². The molecule has 0 radical (unpaired) electrons. The maximum absolute atomic E-state index is 13.4. The normalized spacial score (nSPS) is 13.2. The van der Waals surface area contributed by atoms with Gasteiger partial charge in [0.25, 0.3) is 6.43 Å². The number of nitrogens with zero attached hydrogens (tertiary/aromatic N) is 1. The summed E-state index contributed by atoms with van der Waals surface area (Å²) in [6, 6.07) is 3.14. The molecule has 0 aliphatic rings. The summed E-state index contributed by atoms with van der Waals surface area (Å²) in [6.45, 7) is 5.35. The fourth-order valence-electron chi connectivity index (χ4n) is 1.09. The first kappa shape index (κ1) is 15.0. The molecule has 0 unspecified atom stereocenters. The molecule has 0 bridgehead atoms. The van der Waals surface area contributed by atoms with E-state index in [1.165, 1.54) is 6.07 Å². The van der Waals surface area contributed by atoms with Crippen LogP contribution in [0.1, 0.15) is 26.3 Å². The summed E-state index contributed by atoms with van der Waals surface area (Å²) in [5.41, 5.74) is -1.24. The fraction of sp³-hybridized carbons (Fsp3) is 0.417. The van der Waals surface area contributed by atoms with Crippen LogP contribution in [0.5, 0.6) is 0 Å². The number of hydrogen-bond donors (Lipinski definition) is 0. The minimum absolute atomic E-state index is 0.385. The molecular weight excluding hydrogens is 266 g/mol. The third-order valence-electron chi connectivity index (χ3n) is 1.85. The molecule has 1 rings (SSSR count). The third kappa shape index (κ3) is 4.01. The highest BCUT2D eigenvalue weighted by molar-refractivity contribution is 7.99. The van der Waals surface area contributed by atoms with Gasteiger partial charge in [0.15, 0.2) is 11.6 Å². The first-order valence-corrected chi connectivity index (χ1v) is 5.98. The minimum Gasteiger partial charge on any atom is -0.214 e. The molecule has 0 spiro atoms. The molecule has 1 aromatic rings. The molecule has 1 nitrogen and oxygen atoms in total. The van der Waals surface area contributed by atoms with Crippen molar-refractivity contribution in [3.63, 3.8) is 0 Å². The Balaban J connectivity index is 3.17. The fourth-order valence-corrected chi connectivity index (χ4v) is 1.64. The summed E-state index contributed by atoms with van der Waals surface area (Å²) in [6.07, 6.45) is -2.96. The first-order valence-electron chi connectivity index (χ1n) is 5.21. The van der Waals surface area contributed by atoms with Gasteiger partial charge in [-0.15, -0.1) is 0 Å². The van der Waals surface area contributed by atoms with Gasteiger partial charge in [-0.05, 0) is 44.9 Å². The zero-order chi connectivity index (χ0) is 13.9. The lowest BCUT2D eigenvalue weighted by Gasteiger charge is -2.15. The molecule has 0 amide bonds. The van der Waals surface area contributed by atoms with Crippen LogP contribution in [-0.2, 0) is 0 Å². The summed E-state index contributed by atoms with van der Waals surface area (Å²) in [5, 5.41) is 0. The van der Waals surface area contributed by atoms with Crippen molar-refractivity contribution in [1.82, 2.24) is 0 Å². The maximum Gasteiger partial charge on any atom is 0.281 e. The molecule has 0 saturated carbocycles. The number of hydrogen-bond acceptors (Lipinski definition) is 2. The van der Waals surface area contributed by atoms with E-state index in [1.54, 1.807) is 20.8 Å². The van der Waals surface area contributed by atoms with E-state index < -0.39 is 29.3 Å². The van der Waals surface area contributed by atoms with Crippen LogP contribution in [0.4, 0.5) is 17.6 Å².